The highest BCUT2D eigenvalue weighted by molar-refractivity contribution is 5.40. The van der Waals surface area contributed by atoms with Crippen molar-refractivity contribution >= 4 is 5.82 Å². The Hall–Kier alpha value is -2.83. The van der Waals surface area contributed by atoms with Gasteiger partial charge < -0.3 is 4.90 Å². The molecule has 1 aliphatic heterocycles. The second-order valence-electron chi connectivity index (χ2n) is 6.96. The Kier molecular flexibility index (Phi) is 4.83. The van der Waals surface area contributed by atoms with E-state index in [1.165, 1.54) is 12.1 Å². The standard InChI is InChI=1S/C20H21F2N5/c1-14-24-6-9-27(14)20-13-23-12-19(25-20)26-7-4-15(5-8-26)10-16-2-3-17(21)18(22)11-16/h2-3,6,9,11-13,15H,4-5,7-8,10H2,1H3. The van der Waals surface area contributed by atoms with Gasteiger partial charge >= 0.3 is 0 Å². The fourth-order valence-electron chi connectivity index (χ4n) is 3.60. The maximum atomic E-state index is 13.4. The fourth-order valence-corrected chi connectivity index (χ4v) is 3.60. The predicted octanol–water partition coefficient (Wildman–Crippen LogP) is 3.71. The molecule has 2 aromatic heterocycles. The Balaban J connectivity index is 1.40. The number of aryl methyl sites for hydroxylation is 1. The third kappa shape index (κ3) is 3.82. The third-order valence-electron chi connectivity index (χ3n) is 5.13. The van der Waals surface area contributed by atoms with Crippen molar-refractivity contribution in [3.05, 3.63) is 66.0 Å². The molecule has 3 aromatic rings. The number of imidazole rings is 1. The van der Waals surface area contributed by atoms with Crippen molar-refractivity contribution in [1.82, 2.24) is 19.5 Å². The Morgan fingerprint density at radius 2 is 1.85 bits per heavy atom. The van der Waals surface area contributed by atoms with Gasteiger partial charge in [-0.3, -0.25) is 9.55 Å². The van der Waals surface area contributed by atoms with Crippen molar-refractivity contribution < 1.29 is 8.78 Å². The lowest BCUT2D eigenvalue weighted by molar-refractivity contribution is 0.400. The summed E-state index contributed by atoms with van der Waals surface area (Å²) in [5, 5.41) is 0. The van der Waals surface area contributed by atoms with Gasteiger partial charge in [-0.25, -0.2) is 18.7 Å². The van der Waals surface area contributed by atoms with Gasteiger partial charge in [-0.05, 0) is 49.8 Å². The van der Waals surface area contributed by atoms with E-state index in [9.17, 15) is 8.78 Å². The molecule has 0 atom stereocenters. The van der Waals surface area contributed by atoms with Crippen LogP contribution in [0.2, 0.25) is 0 Å². The van der Waals surface area contributed by atoms with E-state index in [0.29, 0.717) is 5.92 Å². The largest absolute Gasteiger partial charge is 0.355 e. The number of piperidine rings is 1. The van der Waals surface area contributed by atoms with Crippen LogP contribution >= 0.6 is 0 Å². The summed E-state index contributed by atoms with van der Waals surface area (Å²) >= 11 is 0. The first-order valence-corrected chi connectivity index (χ1v) is 9.11. The third-order valence-corrected chi connectivity index (χ3v) is 5.13. The number of nitrogens with zero attached hydrogens (tertiary/aromatic N) is 5. The molecule has 0 unspecified atom stereocenters. The van der Waals surface area contributed by atoms with Gasteiger partial charge in [0, 0.05) is 25.5 Å². The number of rotatable bonds is 4. The molecule has 0 radical (unpaired) electrons. The summed E-state index contributed by atoms with van der Waals surface area (Å²) in [5.41, 5.74) is 0.852. The van der Waals surface area contributed by atoms with Crippen LogP contribution in [-0.4, -0.2) is 32.6 Å². The summed E-state index contributed by atoms with van der Waals surface area (Å²) < 4.78 is 28.4. The Bertz CT molecular complexity index is 932. The quantitative estimate of drug-likeness (QED) is 0.703. The first-order chi connectivity index (χ1) is 13.1. The van der Waals surface area contributed by atoms with Crippen LogP contribution in [0.15, 0.2) is 43.0 Å². The summed E-state index contributed by atoms with van der Waals surface area (Å²) in [4.78, 5) is 15.5. The number of hydrogen-bond donors (Lipinski definition) is 0. The Morgan fingerprint density at radius 1 is 1.07 bits per heavy atom. The van der Waals surface area contributed by atoms with Crippen LogP contribution in [0.3, 0.4) is 0 Å². The van der Waals surface area contributed by atoms with Crippen molar-refractivity contribution in [1.29, 1.82) is 0 Å². The molecule has 3 heterocycles. The highest BCUT2D eigenvalue weighted by Crippen LogP contribution is 2.25. The summed E-state index contributed by atoms with van der Waals surface area (Å²) in [7, 11) is 0. The van der Waals surface area contributed by atoms with Gasteiger partial charge in [0.05, 0.1) is 12.4 Å². The van der Waals surface area contributed by atoms with Gasteiger partial charge in [0.1, 0.15) is 11.6 Å². The molecule has 0 N–H and O–H groups in total. The maximum Gasteiger partial charge on any atom is 0.159 e. The van der Waals surface area contributed by atoms with Crippen LogP contribution < -0.4 is 4.90 Å². The molecular formula is C20H21F2N5. The van der Waals surface area contributed by atoms with E-state index < -0.39 is 11.6 Å². The smallest absolute Gasteiger partial charge is 0.159 e. The summed E-state index contributed by atoms with van der Waals surface area (Å²) in [5.74, 6) is 1.37. The molecule has 1 aliphatic rings. The van der Waals surface area contributed by atoms with E-state index in [2.05, 4.69) is 14.9 Å². The number of hydrogen-bond acceptors (Lipinski definition) is 4. The zero-order valence-electron chi connectivity index (χ0n) is 15.1. The predicted molar refractivity (Wildman–Crippen MR) is 98.9 cm³/mol. The van der Waals surface area contributed by atoms with Crippen LogP contribution in [0, 0.1) is 24.5 Å². The lowest BCUT2D eigenvalue weighted by atomic mass is 9.90. The first-order valence-electron chi connectivity index (χ1n) is 9.11. The summed E-state index contributed by atoms with van der Waals surface area (Å²) in [6, 6.07) is 4.19. The minimum atomic E-state index is -0.792. The minimum absolute atomic E-state index is 0.457. The van der Waals surface area contributed by atoms with E-state index in [1.54, 1.807) is 24.7 Å². The van der Waals surface area contributed by atoms with Gasteiger partial charge in [0.2, 0.25) is 0 Å². The second-order valence-corrected chi connectivity index (χ2v) is 6.96. The Morgan fingerprint density at radius 3 is 2.56 bits per heavy atom. The van der Waals surface area contributed by atoms with Crippen LogP contribution in [0.25, 0.3) is 5.82 Å². The van der Waals surface area contributed by atoms with Crippen molar-refractivity contribution in [3.63, 3.8) is 0 Å². The molecule has 1 saturated heterocycles. The van der Waals surface area contributed by atoms with Crippen molar-refractivity contribution in [2.45, 2.75) is 26.2 Å². The average molecular weight is 369 g/mol. The first kappa shape index (κ1) is 17.6. The number of halogens is 2. The van der Waals surface area contributed by atoms with E-state index in [1.807, 2.05) is 17.7 Å². The molecular weight excluding hydrogens is 348 g/mol. The van der Waals surface area contributed by atoms with E-state index in [-0.39, 0.29) is 0 Å². The van der Waals surface area contributed by atoms with E-state index in [4.69, 9.17) is 4.98 Å². The number of benzene rings is 1. The second kappa shape index (κ2) is 7.42. The van der Waals surface area contributed by atoms with Crippen LogP contribution in [-0.2, 0) is 6.42 Å². The molecule has 0 aliphatic carbocycles. The lowest BCUT2D eigenvalue weighted by Gasteiger charge is -2.32. The zero-order valence-corrected chi connectivity index (χ0v) is 15.1. The van der Waals surface area contributed by atoms with Gasteiger partial charge in [0.15, 0.2) is 17.5 Å². The molecule has 0 saturated carbocycles. The molecule has 27 heavy (non-hydrogen) atoms. The van der Waals surface area contributed by atoms with E-state index in [0.717, 1.165) is 55.4 Å². The summed E-state index contributed by atoms with van der Waals surface area (Å²) in [6.45, 7) is 3.67. The molecule has 1 fully saturated rings. The number of aromatic nitrogens is 4. The van der Waals surface area contributed by atoms with Crippen molar-refractivity contribution in [3.8, 4) is 5.82 Å². The van der Waals surface area contributed by atoms with Crippen LogP contribution in [0.1, 0.15) is 24.2 Å². The minimum Gasteiger partial charge on any atom is -0.355 e. The zero-order chi connectivity index (χ0) is 18.8. The molecule has 7 heteroatoms. The normalized spacial score (nSPS) is 15.3. The van der Waals surface area contributed by atoms with Crippen molar-refractivity contribution in [2.75, 3.05) is 18.0 Å². The van der Waals surface area contributed by atoms with Crippen LogP contribution in [0.4, 0.5) is 14.6 Å². The topological polar surface area (TPSA) is 46.8 Å². The molecule has 4 rings (SSSR count). The van der Waals surface area contributed by atoms with Gasteiger partial charge in [-0.15, -0.1) is 0 Å². The molecule has 140 valence electrons. The van der Waals surface area contributed by atoms with Gasteiger partial charge in [0.25, 0.3) is 0 Å². The fraction of sp³-hybridized carbons (Fsp3) is 0.350. The molecule has 0 spiro atoms. The molecule has 0 bridgehead atoms. The monoisotopic (exact) mass is 369 g/mol. The SMILES string of the molecule is Cc1nccn1-c1cncc(N2CCC(Cc3ccc(F)c(F)c3)CC2)n1. The average Bonchev–Trinajstić information content (AvgIpc) is 3.11. The molecule has 0 amide bonds. The lowest BCUT2D eigenvalue weighted by Crippen LogP contribution is -2.35. The highest BCUT2D eigenvalue weighted by Gasteiger charge is 2.21. The van der Waals surface area contributed by atoms with Gasteiger partial charge in [-0.1, -0.05) is 6.07 Å². The molecule has 5 nitrogen and oxygen atoms in total. The van der Waals surface area contributed by atoms with Gasteiger partial charge in [-0.2, -0.15) is 0 Å². The van der Waals surface area contributed by atoms with Crippen molar-refractivity contribution in [2.24, 2.45) is 5.92 Å². The van der Waals surface area contributed by atoms with E-state index >= 15 is 0 Å². The maximum absolute atomic E-state index is 13.4. The van der Waals surface area contributed by atoms with Crippen LogP contribution in [0.5, 0.6) is 0 Å². The Labute approximate surface area is 156 Å². The highest BCUT2D eigenvalue weighted by atomic mass is 19.2. The number of anilines is 1. The molecule has 1 aromatic carbocycles. The summed E-state index contributed by atoms with van der Waals surface area (Å²) in [6.07, 6.45) is 9.86.